The van der Waals surface area contributed by atoms with Gasteiger partial charge in [0, 0.05) is 43.8 Å². The van der Waals surface area contributed by atoms with Crippen molar-refractivity contribution in [2.75, 3.05) is 13.1 Å². The zero-order chi connectivity index (χ0) is 19.3. The highest BCUT2D eigenvalue weighted by Gasteiger charge is 2.29. The van der Waals surface area contributed by atoms with Crippen molar-refractivity contribution >= 4 is 5.91 Å². The largest absolute Gasteiger partial charge is 0.435 e. The van der Waals surface area contributed by atoms with Gasteiger partial charge in [-0.3, -0.25) is 19.7 Å². The van der Waals surface area contributed by atoms with Crippen LogP contribution in [0.5, 0.6) is 11.6 Å². The third-order valence-corrected chi connectivity index (χ3v) is 4.84. The molecule has 0 saturated carbocycles. The fourth-order valence-corrected chi connectivity index (χ4v) is 3.41. The van der Waals surface area contributed by atoms with Crippen molar-refractivity contribution in [1.82, 2.24) is 24.8 Å². The van der Waals surface area contributed by atoms with Crippen LogP contribution >= 0.6 is 0 Å². The molecule has 7 nitrogen and oxygen atoms in total. The first kappa shape index (κ1) is 18.0. The van der Waals surface area contributed by atoms with E-state index in [1.807, 2.05) is 30.0 Å². The standard InChI is InChI=1S/C21H21N5O2/c1-15-18(8-4-10-22-15)28-20-19(24-11-12-25-20)16-6-5-13-26(14-16)21(27)17-7-2-3-9-23-17/h2-4,7-12,16H,5-6,13-14H2,1H3/t16-/m0/s1. The monoisotopic (exact) mass is 375 g/mol. The highest BCUT2D eigenvalue weighted by Crippen LogP contribution is 2.33. The molecule has 0 unspecified atom stereocenters. The molecule has 1 aliphatic rings. The topological polar surface area (TPSA) is 81.1 Å². The zero-order valence-corrected chi connectivity index (χ0v) is 15.7. The van der Waals surface area contributed by atoms with Gasteiger partial charge in [0.15, 0.2) is 5.75 Å². The average molecular weight is 375 g/mol. The number of ether oxygens (including phenoxy) is 1. The zero-order valence-electron chi connectivity index (χ0n) is 15.7. The van der Waals surface area contributed by atoms with Gasteiger partial charge in [-0.2, -0.15) is 0 Å². The van der Waals surface area contributed by atoms with Gasteiger partial charge in [-0.05, 0) is 44.0 Å². The Bertz CT molecular complexity index is 964. The Labute approximate surface area is 163 Å². The molecule has 1 saturated heterocycles. The van der Waals surface area contributed by atoms with E-state index in [0.717, 1.165) is 24.2 Å². The second kappa shape index (κ2) is 8.12. The van der Waals surface area contributed by atoms with E-state index < -0.39 is 0 Å². The molecule has 0 N–H and O–H groups in total. The van der Waals surface area contributed by atoms with Crippen LogP contribution < -0.4 is 4.74 Å². The van der Waals surface area contributed by atoms with Gasteiger partial charge >= 0.3 is 0 Å². The molecule has 0 spiro atoms. The molecule has 142 valence electrons. The van der Waals surface area contributed by atoms with E-state index in [0.29, 0.717) is 30.4 Å². The minimum atomic E-state index is -0.0558. The fourth-order valence-electron chi connectivity index (χ4n) is 3.41. The lowest BCUT2D eigenvalue weighted by molar-refractivity contribution is 0.0699. The second-order valence-electron chi connectivity index (χ2n) is 6.74. The van der Waals surface area contributed by atoms with Crippen LogP contribution in [0.2, 0.25) is 0 Å². The smallest absolute Gasteiger partial charge is 0.272 e. The Hall–Kier alpha value is -3.35. The van der Waals surface area contributed by atoms with E-state index in [9.17, 15) is 4.79 Å². The molecule has 1 amide bonds. The number of amides is 1. The Kier molecular flexibility index (Phi) is 5.23. The summed E-state index contributed by atoms with van der Waals surface area (Å²) in [6.07, 6.45) is 8.46. The summed E-state index contributed by atoms with van der Waals surface area (Å²) >= 11 is 0. The highest BCUT2D eigenvalue weighted by atomic mass is 16.5. The van der Waals surface area contributed by atoms with Crippen LogP contribution in [0.4, 0.5) is 0 Å². The average Bonchev–Trinajstić information content (AvgIpc) is 2.76. The molecule has 3 aromatic rings. The summed E-state index contributed by atoms with van der Waals surface area (Å²) in [7, 11) is 0. The summed E-state index contributed by atoms with van der Waals surface area (Å²) in [4.78, 5) is 32.0. The number of carbonyl (C=O) groups excluding carboxylic acids is 1. The number of pyridine rings is 2. The summed E-state index contributed by atoms with van der Waals surface area (Å²) in [5.74, 6) is 1.12. The Morgan fingerprint density at radius 3 is 2.71 bits per heavy atom. The highest BCUT2D eigenvalue weighted by molar-refractivity contribution is 5.92. The van der Waals surface area contributed by atoms with Crippen molar-refractivity contribution in [3.63, 3.8) is 0 Å². The van der Waals surface area contributed by atoms with Gasteiger partial charge in [0.1, 0.15) is 11.4 Å². The third kappa shape index (κ3) is 3.83. The van der Waals surface area contributed by atoms with Crippen LogP contribution in [0.3, 0.4) is 0 Å². The molecular formula is C21H21N5O2. The number of aryl methyl sites for hydroxylation is 1. The third-order valence-electron chi connectivity index (χ3n) is 4.84. The van der Waals surface area contributed by atoms with Gasteiger partial charge in [-0.25, -0.2) is 4.98 Å². The molecule has 4 rings (SSSR count). The predicted molar refractivity (Wildman–Crippen MR) is 103 cm³/mol. The molecule has 28 heavy (non-hydrogen) atoms. The first-order chi connectivity index (χ1) is 13.7. The van der Waals surface area contributed by atoms with Crippen LogP contribution in [0.25, 0.3) is 0 Å². The maximum atomic E-state index is 12.8. The van der Waals surface area contributed by atoms with E-state index in [1.165, 1.54) is 0 Å². The van der Waals surface area contributed by atoms with E-state index in [4.69, 9.17) is 4.74 Å². The number of carbonyl (C=O) groups is 1. The number of aromatic nitrogens is 4. The van der Waals surface area contributed by atoms with Crippen LogP contribution in [0, 0.1) is 6.92 Å². The predicted octanol–water partition coefficient (Wildman–Crippen LogP) is 3.39. The van der Waals surface area contributed by atoms with Gasteiger partial charge in [0.25, 0.3) is 5.91 Å². The van der Waals surface area contributed by atoms with Crippen molar-refractivity contribution in [3.05, 3.63) is 72.2 Å². The molecule has 0 aromatic carbocycles. The number of piperidine rings is 1. The van der Waals surface area contributed by atoms with Gasteiger partial charge in [0.2, 0.25) is 5.88 Å². The van der Waals surface area contributed by atoms with Crippen LogP contribution in [-0.2, 0) is 0 Å². The van der Waals surface area contributed by atoms with Gasteiger partial charge in [0.05, 0.1) is 5.69 Å². The van der Waals surface area contributed by atoms with Gasteiger partial charge < -0.3 is 9.64 Å². The molecule has 1 aliphatic heterocycles. The van der Waals surface area contributed by atoms with Gasteiger partial charge in [-0.15, -0.1) is 0 Å². The molecule has 0 aliphatic carbocycles. The van der Waals surface area contributed by atoms with Crippen molar-refractivity contribution in [3.8, 4) is 11.6 Å². The summed E-state index contributed by atoms with van der Waals surface area (Å²) in [6.45, 7) is 3.17. The Morgan fingerprint density at radius 2 is 1.89 bits per heavy atom. The minimum absolute atomic E-state index is 0.0558. The number of hydrogen-bond acceptors (Lipinski definition) is 6. The number of likely N-dealkylation sites (tertiary alicyclic amines) is 1. The van der Waals surface area contributed by atoms with Gasteiger partial charge in [-0.1, -0.05) is 6.07 Å². The van der Waals surface area contributed by atoms with Crippen LogP contribution in [0.15, 0.2) is 55.1 Å². The van der Waals surface area contributed by atoms with Crippen molar-refractivity contribution < 1.29 is 9.53 Å². The maximum Gasteiger partial charge on any atom is 0.272 e. The Morgan fingerprint density at radius 1 is 1.04 bits per heavy atom. The Balaban J connectivity index is 1.56. The lowest BCUT2D eigenvalue weighted by atomic mass is 9.94. The lowest BCUT2D eigenvalue weighted by Crippen LogP contribution is -2.39. The maximum absolute atomic E-state index is 12.8. The summed E-state index contributed by atoms with van der Waals surface area (Å²) in [5.41, 5.74) is 2.02. The van der Waals surface area contributed by atoms with E-state index in [2.05, 4.69) is 19.9 Å². The first-order valence-corrected chi connectivity index (χ1v) is 9.33. The fraction of sp³-hybridized carbons (Fsp3) is 0.286. The molecule has 1 fully saturated rings. The minimum Gasteiger partial charge on any atom is -0.435 e. The van der Waals surface area contributed by atoms with Crippen LogP contribution in [-0.4, -0.2) is 43.8 Å². The van der Waals surface area contributed by atoms with E-state index in [1.54, 1.807) is 36.9 Å². The van der Waals surface area contributed by atoms with Crippen LogP contribution in [0.1, 0.15) is 40.6 Å². The second-order valence-corrected chi connectivity index (χ2v) is 6.74. The van der Waals surface area contributed by atoms with E-state index in [-0.39, 0.29) is 11.8 Å². The first-order valence-electron chi connectivity index (χ1n) is 9.33. The lowest BCUT2D eigenvalue weighted by Gasteiger charge is -2.32. The summed E-state index contributed by atoms with van der Waals surface area (Å²) < 4.78 is 6.02. The molecule has 7 heteroatoms. The van der Waals surface area contributed by atoms with Crippen molar-refractivity contribution in [2.24, 2.45) is 0 Å². The summed E-state index contributed by atoms with van der Waals surface area (Å²) in [6, 6.07) is 9.06. The SMILES string of the molecule is Cc1ncccc1Oc1nccnc1[C@H]1CCCN(C(=O)c2ccccn2)C1. The summed E-state index contributed by atoms with van der Waals surface area (Å²) in [5, 5.41) is 0. The quantitative estimate of drug-likeness (QED) is 0.695. The molecule has 0 bridgehead atoms. The number of hydrogen-bond donors (Lipinski definition) is 0. The van der Waals surface area contributed by atoms with E-state index >= 15 is 0 Å². The van der Waals surface area contributed by atoms with Crippen molar-refractivity contribution in [2.45, 2.75) is 25.7 Å². The molecule has 4 heterocycles. The normalized spacial score (nSPS) is 16.6. The molecule has 0 radical (unpaired) electrons. The number of rotatable bonds is 4. The molecule has 1 atom stereocenters. The molecular weight excluding hydrogens is 354 g/mol. The van der Waals surface area contributed by atoms with Crippen molar-refractivity contribution in [1.29, 1.82) is 0 Å². The molecule has 3 aromatic heterocycles. The number of nitrogens with zero attached hydrogens (tertiary/aromatic N) is 5.